The Morgan fingerprint density at radius 3 is 2.58 bits per heavy atom. The summed E-state index contributed by atoms with van der Waals surface area (Å²) in [7, 11) is 0. The monoisotopic (exact) mass is 176 g/mol. The molecule has 0 atom stereocenters. The Kier molecular flexibility index (Phi) is 1.80. The van der Waals surface area contributed by atoms with Crippen LogP contribution in [-0.2, 0) is 0 Å². The van der Waals surface area contributed by atoms with Crippen LogP contribution in [0.15, 0.2) is 34.9 Å². The van der Waals surface area contributed by atoms with Crippen LogP contribution in [0.5, 0.6) is 0 Å². The van der Waals surface area contributed by atoms with E-state index in [0.717, 1.165) is 11.1 Å². The normalized spacial score (nSPS) is 10.0. The Morgan fingerprint density at radius 2 is 2.00 bits per heavy atom. The SMILES string of the molecule is S=c1o[nH][c]c1-c1ccccc1. The third-order valence-electron chi connectivity index (χ3n) is 1.59. The highest BCUT2D eigenvalue weighted by Crippen LogP contribution is 2.18. The summed E-state index contributed by atoms with van der Waals surface area (Å²) in [5.41, 5.74) is 1.83. The lowest BCUT2D eigenvalue weighted by molar-refractivity contribution is 0.407. The summed E-state index contributed by atoms with van der Waals surface area (Å²) < 4.78 is 5.30. The van der Waals surface area contributed by atoms with Gasteiger partial charge in [-0.1, -0.05) is 30.3 Å². The van der Waals surface area contributed by atoms with Crippen LogP contribution in [0, 0.1) is 10.9 Å². The Bertz CT molecular complexity index is 415. The summed E-state index contributed by atoms with van der Waals surface area (Å²) in [6.07, 6.45) is 2.83. The molecule has 0 aliphatic rings. The van der Waals surface area contributed by atoms with Gasteiger partial charge < -0.3 is 4.52 Å². The van der Waals surface area contributed by atoms with E-state index in [1.54, 1.807) is 0 Å². The molecule has 1 aromatic carbocycles. The Hall–Kier alpha value is -1.35. The molecule has 12 heavy (non-hydrogen) atoms. The van der Waals surface area contributed by atoms with Gasteiger partial charge in [-0.15, -0.1) is 0 Å². The van der Waals surface area contributed by atoms with Crippen molar-refractivity contribution in [2.45, 2.75) is 0 Å². The van der Waals surface area contributed by atoms with Gasteiger partial charge in [0.1, 0.15) is 6.20 Å². The standard InChI is InChI=1S/C9H6NOS/c12-9-8(6-10-11-9)7-4-2-1-3-5-7/h1-5,10H. The van der Waals surface area contributed by atoms with Gasteiger partial charge in [-0.25, -0.2) is 5.16 Å². The molecule has 0 spiro atoms. The van der Waals surface area contributed by atoms with Crippen LogP contribution in [0.2, 0.25) is 0 Å². The average molecular weight is 176 g/mol. The molecular formula is C9H6NOS. The predicted molar refractivity (Wildman–Crippen MR) is 48.2 cm³/mol. The zero-order valence-corrected chi connectivity index (χ0v) is 7.02. The maximum Gasteiger partial charge on any atom is 0.228 e. The lowest BCUT2D eigenvalue weighted by atomic mass is 10.1. The van der Waals surface area contributed by atoms with E-state index in [4.69, 9.17) is 16.7 Å². The molecule has 0 aliphatic carbocycles. The first-order valence-corrected chi connectivity index (χ1v) is 3.93. The van der Waals surface area contributed by atoms with Crippen molar-refractivity contribution in [1.29, 1.82) is 0 Å². The first kappa shape index (κ1) is 7.31. The average Bonchev–Trinajstić information content (AvgIpc) is 2.53. The van der Waals surface area contributed by atoms with Crippen molar-refractivity contribution in [3.63, 3.8) is 0 Å². The van der Waals surface area contributed by atoms with E-state index in [1.165, 1.54) is 0 Å². The molecule has 2 aromatic rings. The van der Waals surface area contributed by atoms with E-state index < -0.39 is 0 Å². The van der Waals surface area contributed by atoms with Gasteiger partial charge in [0.05, 0.1) is 5.56 Å². The summed E-state index contributed by atoms with van der Waals surface area (Å²) in [5, 5.41) is 2.49. The van der Waals surface area contributed by atoms with Gasteiger partial charge >= 0.3 is 0 Å². The van der Waals surface area contributed by atoms with Crippen molar-refractivity contribution in [2.75, 3.05) is 0 Å². The van der Waals surface area contributed by atoms with Gasteiger partial charge in [-0.3, -0.25) is 0 Å². The molecule has 0 aliphatic heterocycles. The van der Waals surface area contributed by atoms with E-state index in [-0.39, 0.29) is 0 Å². The minimum absolute atomic E-state index is 0.446. The zero-order chi connectivity index (χ0) is 8.39. The van der Waals surface area contributed by atoms with Crippen LogP contribution in [0.3, 0.4) is 0 Å². The highest BCUT2D eigenvalue weighted by atomic mass is 32.1. The van der Waals surface area contributed by atoms with Gasteiger partial charge in [0, 0.05) is 0 Å². The number of aromatic amines is 1. The van der Waals surface area contributed by atoms with Crippen molar-refractivity contribution < 1.29 is 4.52 Å². The molecule has 0 saturated carbocycles. The van der Waals surface area contributed by atoms with Crippen LogP contribution >= 0.6 is 12.2 Å². The molecule has 0 saturated heterocycles. The van der Waals surface area contributed by atoms with Crippen molar-refractivity contribution in [1.82, 2.24) is 5.16 Å². The topological polar surface area (TPSA) is 28.9 Å². The molecule has 1 heterocycles. The van der Waals surface area contributed by atoms with Crippen LogP contribution in [-0.4, -0.2) is 5.16 Å². The number of hydrogen-bond acceptors (Lipinski definition) is 2. The highest BCUT2D eigenvalue weighted by molar-refractivity contribution is 7.71. The van der Waals surface area contributed by atoms with Crippen molar-refractivity contribution in [2.24, 2.45) is 0 Å². The number of rotatable bonds is 1. The fourth-order valence-corrected chi connectivity index (χ4v) is 1.23. The number of hydrogen-bond donors (Lipinski definition) is 1. The summed E-state index contributed by atoms with van der Waals surface area (Å²) >= 11 is 4.94. The molecule has 2 rings (SSSR count). The molecule has 59 valence electrons. The molecule has 1 N–H and O–H groups in total. The van der Waals surface area contributed by atoms with E-state index in [2.05, 4.69) is 11.4 Å². The van der Waals surface area contributed by atoms with E-state index in [1.807, 2.05) is 30.3 Å². The van der Waals surface area contributed by atoms with E-state index in [0.29, 0.717) is 4.71 Å². The minimum atomic E-state index is 0.446. The first-order chi connectivity index (χ1) is 5.88. The first-order valence-electron chi connectivity index (χ1n) is 3.52. The summed E-state index contributed by atoms with van der Waals surface area (Å²) in [6, 6.07) is 9.78. The zero-order valence-electron chi connectivity index (χ0n) is 6.20. The fraction of sp³-hybridized carbons (Fsp3) is 0. The predicted octanol–water partition coefficient (Wildman–Crippen LogP) is 2.80. The van der Waals surface area contributed by atoms with Crippen LogP contribution in [0.25, 0.3) is 11.1 Å². The van der Waals surface area contributed by atoms with Gasteiger partial charge in [0.15, 0.2) is 0 Å². The second-order valence-electron chi connectivity index (χ2n) is 2.36. The molecule has 0 fully saturated rings. The Balaban J connectivity index is 2.59. The lowest BCUT2D eigenvalue weighted by Gasteiger charge is -1.91. The summed E-state index contributed by atoms with van der Waals surface area (Å²) in [6.45, 7) is 0. The van der Waals surface area contributed by atoms with Gasteiger partial charge in [-0.05, 0) is 17.8 Å². The minimum Gasteiger partial charge on any atom is -0.369 e. The highest BCUT2D eigenvalue weighted by Gasteiger charge is 2.01. The maximum atomic E-state index is 4.94. The van der Waals surface area contributed by atoms with Crippen LogP contribution < -0.4 is 0 Å². The number of H-pyrrole nitrogens is 1. The van der Waals surface area contributed by atoms with Crippen LogP contribution in [0.4, 0.5) is 0 Å². The molecule has 0 amide bonds. The smallest absolute Gasteiger partial charge is 0.228 e. The van der Waals surface area contributed by atoms with E-state index >= 15 is 0 Å². The van der Waals surface area contributed by atoms with E-state index in [9.17, 15) is 0 Å². The Labute approximate surface area is 74.8 Å². The van der Waals surface area contributed by atoms with Gasteiger partial charge in [0.25, 0.3) is 0 Å². The summed E-state index contributed by atoms with van der Waals surface area (Å²) in [5.74, 6) is 0. The second-order valence-corrected chi connectivity index (χ2v) is 2.73. The van der Waals surface area contributed by atoms with Crippen LogP contribution in [0.1, 0.15) is 0 Å². The number of aromatic nitrogens is 1. The lowest BCUT2D eigenvalue weighted by Crippen LogP contribution is -1.71. The molecule has 2 nitrogen and oxygen atoms in total. The number of benzene rings is 1. The summed E-state index contributed by atoms with van der Waals surface area (Å²) in [4.78, 5) is 0. The maximum absolute atomic E-state index is 4.94. The molecule has 0 unspecified atom stereocenters. The van der Waals surface area contributed by atoms with Crippen molar-refractivity contribution >= 4 is 12.2 Å². The quantitative estimate of drug-likeness (QED) is 0.677. The molecule has 3 heteroatoms. The third-order valence-corrected chi connectivity index (χ3v) is 1.87. The molecular weight excluding hydrogens is 170 g/mol. The molecule has 1 radical (unpaired) electrons. The Morgan fingerprint density at radius 1 is 1.25 bits per heavy atom. The molecule has 1 aromatic heterocycles. The van der Waals surface area contributed by atoms with Gasteiger partial charge in [0.2, 0.25) is 4.71 Å². The van der Waals surface area contributed by atoms with Gasteiger partial charge in [-0.2, -0.15) is 0 Å². The molecule has 0 bridgehead atoms. The fourth-order valence-electron chi connectivity index (χ4n) is 1.02. The van der Waals surface area contributed by atoms with Crippen molar-refractivity contribution in [3.8, 4) is 11.1 Å². The third kappa shape index (κ3) is 1.19. The number of nitrogens with one attached hydrogen (secondary N) is 1. The second kappa shape index (κ2) is 2.95. The largest absolute Gasteiger partial charge is 0.369 e. The van der Waals surface area contributed by atoms with Crippen molar-refractivity contribution in [3.05, 3.63) is 41.2 Å².